The summed E-state index contributed by atoms with van der Waals surface area (Å²) in [6, 6.07) is 0. The minimum absolute atomic E-state index is 0.0786. The monoisotopic (exact) mass is 636 g/mol. The van der Waals surface area contributed by atoms with Gasteiger partial charge in [-0.1, -0.05) is 122 Å². The van der Waals surface area contributed by atoms with Crippen LogP contribution in [0.4, 0.5) is 0 Å². The normalized spacial score (nSPS) is 16.5. The summed E-state index contributed by atoms with van der Waals surface area (Å²) in [6.07, 6.45) is 28.0. The van der Waals surface area contributed by atoms with Gasteiger partial charge in [0.25, 0.3) is 5.88 Å². The lowest BCUT2D eigenvalue weighted by Gasteiger charge is -2.36. The van der Waals surface area contributed by atoms with Crippen LogP contribution in [0.5, 0.6) is 5.88 Å². The van der Waals surface area contributed by atoms with Crippen molar-refractivity contribution in [1.29, 1.82) is 0 Å². The van der Waals surface area contributed by atoms with Gasteiger partial charge in [-0.3, -0.25) is 14.1 Å². The number of quaternary nitrogens is 1. The number of aromatic nitrogens is 2. The summed E-state index contributed by atoms with van der Waals surface area (Å²) in [5.74, 6) is -0.104. The number of unbranched alkanes of at least 4 members (excludes halogenated alkanes) is 18. The fourth-order valence-corrected chi connectivity index (χ4v) is 6.41. The average molecular weight is 637 g/mol. The minimum Gasteiger partial charge on any atom is -0.481 e. The van der Waals surface area contributed by atoms with Crippen molar-refractivity contribution in [2.24, 2.45) is 0 Å². The molecule has 0 bridgehead atoms. The zero-order valence-corrected chi connectivity index (χ0v) is 28.8. The van der Waals surface area contributed by atoms with Crippen LogP contribution in [0, 0.1) is 0 Å². The van der Waals surface area contributed by atoms with Gasteiger partial charge < -0.3 is 14.6 Å². The first-order valence-electron chi connectivity index (χ1n) is 17.8. The molecule has 0 saturated heterocycles. The van der Waals surface area contributed by atoms with Crippen LogP contribution in [0.25, 0.3) is 5.57 Å². The maximum absolute atomic E-state index is 12.5. The zero-order valence-electron chi connectivity index (χ0n) is 28.0. The van der Waals surface area contributed by atoms with E-state index in [0.29, 0.717) is 36.5 Å². The molecular formula is C35H62N3O5S+. The number of carbonyl (C=O) groups excluding carboxylic acids is 1. The lowest BCUT2D eigenvalue weighted by Crippen LogP contribution is -2.49. The number of hydrogen-bond donors (Lipinski definition) is 1. The van der Waals surface area contributed by atoms with Gasteiger partial charge in [-0.15, -0.1) is 4.37 Å². The number of hydrogen-bond acceptors (Lipinski definition) is 7. The smallest absolute Gasteiger partial charge is 0.310 e. The Labute approximate surface area is 271 Å². The van der Waals surface area contributed by atoms with Crippen LogP contribution in [-0.2, 0) is 14.3 Å². The van der Waals surface area contributed by atoms with Crippen LogP contribution < -0.4 is 4.74 Å². The van der Waals surface area contributed by atoms with Gasteiger partial charge in [0.05, 0.1) is 31.9 Å². The van der Waals surface area contributed by atoms with Crippen molar-refractivity contribution in [3.05, 3.63) is 11.8 Å². The highest BCUT2D eigenvalue weighted by molar-refractivity contribution is 6.99. The Morgan fingerprint density at radius 1 is 0.795 bits per heavy atom. The summed E-state index contributed by atoms with van der Waals surface area (Å²) in [5.41, 5.74) is 2.00. The third-order valence-electron chi connectivity index (χ3n) is 8.67. The third-order valence-corrected chi connectivity index (χ3v) is 9.18. The number of carbonyl (C=O) groups is 2. The Morgan fingerprint density at radius 3 is 1.91 bits per heavy atom. The number of rotatable bonds is 28. The molecule has 0 aromatic carbocycles. The van der Waals surface area contributed by atoms with Crippen molar-refractivity contribution in [2.75, 3.05) is 33.5 Å². The number of carboxylic acid groups (broad SMARTS) is 1. The minimum atomic E-state index is -0.672. The fraction of sp³-hybridized carbons (Fsp3) is 0.829. The van der Waals surface area contributed by atoms with E-state index in [9.17, 15) is 9.59 Å². The lowest BCUT2D eigenvalue weighted by molar-refractivity contribution is -0.919. The van der Waals surface area contributed by atoms with Crippen molar-refractivity contribution in [2.45, 2.75) is 155 Å². The standard InChI is InChI=1S/C35H61N3O5S/c1-3-4-5-22-28-42-35-34(36-44-37-35)31-24-23-27-38(2,29-31)30-43-33(41)26-21-19-17-15-13-11-9-7-6-8-10-12-14-16-18-20-25-32(39)40/h24H,3-23,25-30H2,1-2H3/p+1. The van der Waals surface area contributed by atoms with Crippen molar-refractivity contribution < 1.29 is 28.7 Å². The molecule has 2 rings (SSSR count). The van der Waals surface area contributed by atoms with Gasteiger partial charge in [0, 0.05) is 24.8 Å². The second-order valence-electron chi connectivity index (χ2n) is 13.0. The van der Waals surface area contributed by atoms with Gasteiger partial charge in [0.15, 0.2) is 0 Å². The molecular weight excluding hydrogens is 574 g/mol. The molecule has 0 amide bonds. The molecule has 252 valence electrons. The fourth-order valence-electron chi connectivity index (χ4n) is 5.88. The van der Waals surface area contributed by atoms with E-state index >= 15 is 0 Å². The number of nitrogens with zero attached hydrogens (tertiary/aromatic N) is 3. The van der Waals surface area contributed by atoms with Gasteiger partial charge in [0.1, 0.15) is 12.2 Å². The van der Waals surface area contributed by atoms with E-state index in [1.54, 1.807) is 0 Å². The summed E-state index contributed by atoms with van der Waals surface area (Å²) in [7, 11) is 2.15. The van der Waals surface area contributed by atoms with Crippen molar-refractivity contribution in [3.63, 3.8) is 0 Å². The number of ether oxygens (including phenoxy) is 2. The van der Waals surface area contributed by atoms with Crippen LogP contribution in [0.1, 0.15) is 160 Å². The Balaban J connectivity index is 1.44. The molecule has 1 aliphatic heterocycles. The predicted octanol–water partition coefficient (Wildman–Crippen LogP) is 9.34. The highest BCUT2D eigenvalue weighted by Gasteiger charge is 2.31. The number of aliphatic carboxylic acids is 1. The second kappa shape index (κ2) is 24.3. The van der Waals surface area contributed by atoms with E-state index in [2.05, 4.69) is 28.8 Å². The molecule has 0 saturated carbocycles. The van der Waals surface area contributed by atoms with E-state index in [4.69, 9.17) is 14.6 Å². The molecule has 2 heterocycles. The molecule has 1 aliphatic rings. The van der Waals surface area contributed by atoms with E-state index in [0.717, 1.165) is 62.9 Å². The molecule has 0 spiro atoms. The van der Waals surface area contributed by atoms with E-state index in [1.807, 2.05) is 0 Å². The van der Waals surface area contributed by atoms with Crippen molar-refractivity contribution in [1.82, 2.24) is 8.75 Å². The molecule has 0 fully saturated rings. The highest BCUT2D eigenvalue weighted by Crippen LogP contribution is 2.30. The summed E-state index contributed by atoms with van der Waals surface area (Å²) >= 11 is 1.20. The summed E-state index contributed by atoms with van der Waals surface area (Å²) in [6.45, 7) is 5.00. The first kappa shape index (κ1) is 38.2. The molecule has 9 heteroatoms. The Morgan fingerprint density at radius 2 is 1.34 bits per heavy atom. The molecule has 1 N–H and O–H groups in total. The molecule has 1 unspecified atom stereocenters. The van der Waals surface area contributed by atoms with Gasteiger partial charge in [0.2, 0.25) is 6.73 Å². The third kappa shape index (κ3) is 18.1. The molecule has 0 aliphatic carbocycles. The van der Waals surface area contributed by atoms with Crippen molar-refractivity contribution >= 4 is 29.2 Å². The first-order chi connectivity index (χ1) is 21.4. The number of likely N-dealkylation sites (N-methyl/N-ethyl adjacent to an activating group) is 1. The number of esters is 1. The topological polar surface area (TPSA) is 98.6 Å². The summed E-state index contributed by atoms with van der Waals surface area (Å²) in [5, 5.41) is 8.65. The molecule has 0 radical (unpaired) electrons. The van der Waals surface area contributed by atoms with E-state index < -0.39 is 5.97 Å². The largest absolute Gasteiger partial charge is 0.481 e. The molecule has 44 heavy (non-hydrogen) atoms. The van der Waals surface area contributed by atoms with Gasteiger partial charge in [-0.05, 0) is 19.3 Å². The Bertz CT molecular complexity index is 937. The van der Waals surface area contributed by atoms with Crippen LogP contribution in [0.3, 0.4) is 0 Å². The van der Waals surface area contributed by atoms with Gasteiger partial charge >= 0.3 is 11.9 Å². The highest BCUT2D eigenvalue weighted by atomic mass is 32.1. The van der Waals surface area contributed by atoms with E-state index in [1.165, 1.54) is 108 Å². The zero-order chi connectivity index (χ0) is 31.7. The quantitative estimate of drug-likeness (QED) is 0.0556. The van der Waals surface area contributed by atoms with Gasteiger partial charge in [-0.2, -0.15) is 4.37 Å². The maximum Gasteiger partial charge on any atom is 0.310 e. The maximum atomic E-state index is 12.5. The van der Waals surface area contributed by atoms with E-state index in [-0.39, 0.29) is 5.97 Å². The molecule has 8 nitrogen and oxygen atoms in total. The molecule has 1 aromatic rings. The number of carboxylic acids is 1. The van der Waals surface area contributed by atoms with Crippen molar-refractivity contribution in [3.8, 4) is 5.88 Å². The second-order valence-corrected chi connectivity index (χ2v) is 13.6. The molecule has 1 aromatic heterocycles. The van der Waals surface area contributed by atoms with Crippen LogP contribution in [-0.4, -0.2) is 63.8 Å². The Hall–Kier alpha value is -2.00. The summed E-state index contributed by atoms with van der Waals surface area (Å²) in [4.78, 5) is 23.0. The Kier molecular flexibility index (Phi) is 21.1. The van der Waals surface area contributed by atoms with Crippen LogP contribution >= 0.6 is 11.7 Å². The molecule has 1 atom stereocenters. The van der Waals surface area contributed by atoms with Gasteiger partial charge in [-0.25, -0.2) is 0 Å². The SMILES string of the molecule is CCCCCCOc1nsnc1C1=CCC[N+](C)(COC(=O)CCCCCCCCCCCCCCCCCCC(=O)O)C1. The predicted molar refractivity (Wildman–Crippen MR) is 180 cm³/mol. The van der Waals surface area contributed by atoms with Crippen LogP contribution in [0.15, 0.2) is 6.08 Å². The lowest BCUT2D eigenvalue weighted by atomic mass is 10.0. The average Bonchev–Trinajstić information content (AvgIpc) is 3.48. The van der Waals surface area contributed by atoms with Crippen LogP contribution in [0.2, 0.25) is 0 Å². The first-order valence-corrected chi connectivity index (χ1v) is 18.5. The summed E-state index contributed by atoms with van der Waals surface area (Å²) < 4.78 is 21.3.